The Morgan fingerprint density at radius 3 is 2.26 bits per heavy atom. The zero-order valence-electron chi connectivity index (χ0n) is 12.7. The number of nitrogens with zero attached hydrogens (tertiary/aromatic N) is 1. The fourth-order valence-electron chi connectivity index (χ4n) is 1.57. The van der Waals surface area contributed by atoms with Crippen LogP contribution in [-0.4, -0.2) is 47.7 Å². The molecule has 0 bridgehead atoms. The normalized spacial score (nSPS) is 12.9. The minimum Gasteiger partial charge on any atom is -0.459 e. The number of esters is 1. The van der Waals surface area contributed by atoms with Crippen LogP contribution in [0.4, 0.5) is 0 Å². The predicted molar refractivity (Wildman–Crippen MR) is 73.6 cm³/mol. The third-order valence-corrected chi connectivity index (χ3v) is 2.66. The van der Waals surface area contributed by atoms with Crippen LogP contribution in [0, 0.1) is 5.92 Å². The highest BCUT2D eigenvalue weighted by atomic mass is 16.6. The van der Waals surface area contributed by atoms with Crippen molar-refractivity contribution < 1.29 is 19.4 Å². The Labute approximate surface area is 115 Å². The summed E-state index contributed by atoms with van der Waals surface area (Å²) >= 11 is 0. The van der Waals surface area contributed by atoms with Crippen molar-refractivity contribution in [3.8, 4) is 0 Å². The van der Waals surface area contributed by atoms with Gasteiger partial charge in [0.05, 0.1) is 0 Å². The molecule has 0 aliphatic carbocycles. The molecule has 0 saturated heterocycles. The summed E-state index contributed by atoms with van der Waals surface area (Å²) in [7, 11) is 1.68. The largest absolute Gasteiger partial charge is 0.459 e. The topological polar surface area (TPSA) is 66.8 Å². The number of unbranched alkanes of at least 4 members (excludes halogenated alkanes) is 2. The fraction of sp³-hybridized carbons (Fsp3) is 0.857. The molecule has 0 rings (SSSR count). The van der Waals surface area contributed by atoms with Gasteiger partial charge >= 0.3 is 5.97 Å². The van der Waals surface area contributed by atoms with Gasteiger partial charge in [-0.3, -0.25) is 9.59 Å². The summed E-state index contributed by atoms with van der Waals surface area (Å²) in [5.74, 6) is -1.49. The molecule has 0 aromatic carbocycles. The van der Waals surface area contributed by atoms with Gasteiger partial charge < -0.3 is 14.7 Å². The number of carbonyl (C=O) groups is 2. The summed E-state index contributed by atoms with van der Waals surface area (Å²) in [6, 6.07) is 0. The van der Waals surface area contributed by atoms with Crippen molar-refractivity contribution in [2.24, 2.45) is 5.92 Å². The minimum absolute atomic E-state index is 0.173. The van der Waals surface area contributed by atoms with Crippen LogP contribution in [0.5, 0.6) is 0 Å². The van der Waals surface area contributed by atoms with Crippen molar-refractivity contribution in [2.45, 2.75) is 52.6 Å². The Hall–Kier alpha value is -1.10. The average molecular weight is 273 g/mol. The molecule has 1 amide bonds. The lowest BCUT2D eigenvalue weighted by Gasteiger charge is -2.24. The Morgan fingerprint density at radius 2 is 1.79 bits per heavy atom. The van der Waals surface area contributed by atoms with E-state index in [1.54, 1.807) is 39.6 Å². The van der Waals surface area contributed by atoms with Gasteiger partial charge in [0.1, 0.15) is 11.5 Å². The molecule has 0 aromatic rings. The summed E-state index contributed by atoms with van der Waals surface area (Å²) in [6.07, 6.45) is 2.43. The minimum atomic E-state index is -0.776. The monoisotopic (exact) mass is 273 g/mol. The number of rotatable bonds is 7. The van der Waals surface area contributed by atoms with Gasteiger partial charge in [-0.25, -0.2) is 0 Å². The standard InChI is InChI=1S/C14H27NO4/c1-11(13(18)19-14(2,3)4)12(17)15(5)9-7-6-8-10-16/h11,16H,6-10H2,1-5H3. The first-order valence-electron chi connectivity index (χ1n) is 6.77. The van der Waals surface area contributed by atoms with Crippen molar-refractivity contribution in [1.29, 1.82) is 0 Å². The molecule has 0 aromatic heterocycles. The first-order valence-corrected chi connectivity index (χ1v) is 6.77. The highest BCUT2D eigenvalue weighted by Crippen LogP contribution is 2.13. The van der Waals surface area contributed by atoms with Crippen molar-refractivity contribution in [3.63, 3.8) is 0 Å². The number of amides is 1. The number of aliphatic hydroxyl groups is 1. The van der Waals surface area contributed by atoms with E-state index in [1.165, 1.54) is 0 Å². The number of hydrogen-bond acceptors (Lipinski definition) is 4. The quantitative estimate of drug-likeness (QED) is 0.434. The van der Waals surface area contributed by atoms with Gasteiger partial charge in [0, 0.05) is 20.2 Å². The highest BCUT2D eigenvalue weighted by molar-refractivity contribution is 5.97. The number of carbonyl (C=O) groups excluding carboxylic acids is 2. The maximum atomic E-state index is 12.0. The lowest BCUT2D eigenvalue weighted by Crippen LogP contribution is -2.39. The maximum Gasteiger partial charge on any atom is 0.318 e. The number of ether oxygens (including phenoxy) is 1. The van der Waals surface area contributed by atoms with Gasteiger partial charge in [0.2, 0.25) is 5.91 Å². The van der Waals surface area contributed by atoms with Crippen molar-refractivity contribution >= 4 is 11.9 Å². The van der Waals surface area contributed by atoms with Crippen LogP contribution in [-0.2, 0) is 14.3 Å². The van der Waals surface area contributed by atoms with E-state index in [1.807, 2.05) is 0 Å². The summed E-state index contributed by atoms with van der Waals surface area (Å²) in [6.45, 7) is 7.67. The Balaban J connectivity index is 4.20. The van der Waals surface area contributed by atoms with E-state index < -0.39 is 17.5 Å². The smallest absolute Gasteiger partial charge is 0.318 e. The van der Waals surface area contributed by atoms with Crippen LogP contribution in [0.25, 0.3) is 0 Å². The van der Waals surface area contributed by atoms with Crippen LogP contribution in [0.2, 0.25) is 0 Å². The number of aliphatic hydroxyl groups excluding tert-OH is 1. The van der Waals surface area contributed by atoms with Crippen molar-refractivity contribution in [2.75, 3.05) is 20.2 Å². The zero-order valence-corrected chi connectivity index (χ0v) is 12.7. The second-order valence-electron chi connectivity index (χ2n) is 5.80. The van der Waals surface area contributed by atoms with E-state index in [0.29, 0.717) is 6.54 Å². The summed E-state index contributed by atoms with van der Waals surface area (Å²) in [4.78, 5) is 25.3. The molecular formula is C14H27NO4. The van der Waals surface area contributed by atoms with Crippen LogP contribution >= 0.6 is 0 Å². The lowest BCUT2D eigenvalue weighted by atomic mass is 10.1. The van der Waals surface area contributed by atoms with Gasteiger partial charge in [0.15, 0.2) is 0 Å². The highest BCUT2D eigenvalue weighted by Gasteiger charge is 2.28. The van der Waals surface area contributed by atoms with E-state index in [-0.39, 0.29) is 12.5 Å². The van der Waals surface area contributed by atoms with Crippen molar-refractivity contribution in [1.82, 2.24) is 4.90 Å². The molecular weight excluding hydrogens is 246 g/mol. The second-order valence-corrected chi connectivity index (χ2v) is 5.80. The predicted octanol–water partition coefficient (Wildman–Crippen LogP) is 1.59. The van der Waals surface area contributed by atoms with Crippen LogP contribution in [0.3, 0.4) is 0 Å². The van der Waals surface area contributed by atoms with E-state index in [2.05, 4.69) is 0 Å². The molecule has 1 atom stereocenters. The SMILES string of the molecule is CC(C(=O)OC(C)(C)C)C(=O)N(C)CCCCCO. The Bertz CT molecular complexity index is 296. The molecule has 0 fully saturated rings. The van der Waals surface area contributed by atoms with E-state index in [0.717, 1.165) is 19.3 Å². The van der Waals surface area contributed by atoms with Gasteiger partial charge in [-0.2, -0.15) is 0 Å². The van der Waals surface area contributed by atoms with E-state index >= 15 is 0 Å². The summed E-state index contributed by atoms with van der Waals surface area (Å²) in [5, 5.41) is 8.67. The van der Waals surface area contributed by atoms with E-state index in [4.69, 9.17) is 9.84 Å². The average Bonchev–Trinajstić information content (AvgIpc) is 2.30. The second kappa shape index (κ2) is 8.15. The van der Waals surface area contributed by atoms with E-state index in [9.17, 15) is 9.59 Å². The van der Waals surface area contributed by atoms with Gasteiger partial charge in [-0.05, 0) is 47.0 Å². The lowest BCUT2D eigenvalue weighted by molar-refractivity contribution is -0.163. The Kier molecular flexibility index (Phi) is 7.68. The molecule has 5 heteroatoms. The van der Waals surface area contributed by atoms with Gasteiger partial charge in [-0.1, -0.05) is 0 Å². The molecule has 0 aliphatic heterocycles. The molecule has 0 heterocycles. The Morgan fingerprint density at radius 1 is 1.21 bits per heavy atom. The molecule has 0 aliphatic rings. The molecule has 0 spiro atoms. The first-order chi connectivity index (χ1) is 8.69. The molecule has 0 radical (unpaired) electrons. The zero-order chi connectivity index (χ0) is 15.1. The summed E-state index contributed by atoms with van der Waals surface area (Å²) < 4.78 is 5.19. The molecule has 0 saturated carbocycles. The maximum absolute atomic E-state index is 12.0. The van der Waals surface area contributed by atoms with Crippen molar-refractivity contribution in [3.05, 3.63) is 0 Å². The summed E-state index contributed by atoms with van der Waals surface area (Å²) in [5.41, 5.74) is -0.578. The molecule has 112 valence electrons. The third kappa shape index (κ3) is 7.82. The fourth-order valence-corrected chi connectivity index (χ4v) is 1.57. The molecule has 19 heavy (non-hydrogen) atoms. The first kappa shape index (κ1) is 17.9. The van der Waals surface area contributed by atoms with Gasteiger partial charge in [-0.15, -0.1) is 0 Å². The number of hydrogen-bond donors (Lipinski definition) is 1. The van der Waals surface area contributed by atoms with Crippen LogP contribution < -0.4 is 0 Å². The molecule has 1 unspecified atom stereocenters. The molecule has 5 nitrogen and oxygen atoms in total. The molecule has 1 N–H and O–H groups in total. The van der Waals surface area contributed by atoms with Crippen LogP contribution in [0.15, 0.2) is 0 Å². The van der Waals surface area contributed by atoms with Gasteiger partial charge in [0.25, 0.3) is 0 Å². The third-order valence-electron chi connectivity index (χ3n) is 2.66. The van der Waals surface area contributed by atoms with Crippen LogP contribution in [0.1, 0.15) is 47.0 Å².